The van der Waals surface area contributed by atoms with Gasteiger partial charge in [0.2, 0.25) is 0 Å². The van der Waals surface area contributed by atoms with Crippen LogP contribution in [0.3, 0.4) is 0 Å². The van der Waals surface area contributed by atoms with Crippen molar-refractivity contribution in [2.24, 2.45) is 5.40 Å². The van der Waals surface area contributed by atoms with E-state index in [-0.39, 0.29) is 68.9 Å². The number of nitrogens with two attached hydrogens (primary N) is 1. The summed E-state index contributed by atoms with van der Waals surface area (Å²) in [6.07, 6.45) is 0. The molecular formula is C3H12CsNSi. The second-order valence-corrected chi connectivity index (χ2v) is 7.10. The van der Waals surface area contributed by atoms with Crippen LogP contribution in [0.15, 0.2) is 0 Å². The van der Waals surface area contributed by atoms with Crippen molar-refractivity contribution in [1.29, 1.82) is 0 Å². The first kappa shape index (κ1) is 11.1. The van der Waals surface area contributed by atoms with Gasteiger partial charge in [0.25, 0.3) is 0 Å². The second-order valence-electron chi connectivity index (χ2n) is 2.37. The third kappa shape index (κ3) is 34.3. The molecule has 0 aromatic carbocycles. The monoisotopic (exact) mass is 223 g/mol. The molecule has 3 heteroatoms. The zero-order valence-corrected chi connectivity index (χ0v) is 5.08. The molecule has 0 radical (unpaired) electrons. The molecule has 0 aromatic heterocycles. The molecule has 0 saturated carbocycles. The van der Waals surface area contributed by atoms with Gasteiger partial charge in [-0.3, -0.25) is 0 Å². The van der Waals surface area contributed by atoms with Gasteiger partial charge in [-0.1, -0.05) is 19.6 Å². The van der Waals surface area contributed by atoms with Crippen LogP contribution < -0.4 is 5.40 Å². The van der Waals surface area contributed by atoms with Gasteiger partial charge in [-0.25, -0.2) is 0 Å². The first-order chi connectivity index (χ1) is 2.00. The van der Waals surface area contributed by atoms with Gasteiger partial charge in [-0.05, 0) is 0 Å². The van der Waals surface area contributed by atoms with Crippen LogP contribution in [0.4, 0.5) is 0 Å². The molecule has 6 heavy (non-hydrogen) atoms. The first-order valence-electron chi connectivity index (χ1n) is 1.79. The number of hydrogen-bond acceptors (Lipinski definition) is 1. The Morgan fingerprint density at radius 2 is 1.17 bits per heavy atom. The summed E-state index contributed by atoms with van der Waals surface area (Å²) in [7, 11) is -1.11. The van der Waals surface area contributed by atoms with Crippen molar-refractivity contribution in [2.45, 2.75) is 19.6 Å². The summed E-state index contributed by atoms with van der Waals surface area (Å²) in [5, 5.41) is 5.49. The summed E-state index contributed by atoms with van der Waals surface area (Å²) in [5.41, 5.74) is 0. The fraction of sp³-hybridized carbons (Fsp3) is 1.00. The first-order valence-corrected chi connectivity index (χ1v) is 5.37. The molecule has 0 aliphatic rings. The van der Waals surface area contributed by atoms with Crippen LogP contribution in [0.2, 0.25) is 19.6 Å². The number of hydrogen-bond donors (Lipinski definition) is 1. The Labute approximate surface area is 99.6 Å². The molecule has 0 atom stereocenters. The Bertz CT molecular complexity index is 26.3. The van der Waals surface area contributed by atoms with Crippen LogP contribution in [-0.4, -0.2) is 77.1 Å². The molecule has 0 aliphatic carbocycles. The van der Waals surface area contributed by atoms with E-state index in [9.17, 15) is 0 Å². The van der Waals surface area contributed by atoms with Crippen LogP contribution in [-0.2, 0) is 0 Å². The number of rotatable bonds is 0. The molecule has 0 bridgehead atoms. The molecule has 34 valence electrons. The third-order valence-corrected chi connectivity index (χ3v) is 0. The summed E-state index contributed by atoms with van der Waals surface area (Å²) < 4.78 is 0. The average molecular weight is 223 g/mol. The third-order valence-electron chi connectivity index (χ3n) is 0. The van der Waals surface area contributed by atoms with Gasteiger partial charge < -0.3 is 5.40 Å². The van der Waals surface area contributed by atoms with Gasteiger partial charge in [0.1, 0.15) is 8.24 Å². The van der Waals surface area contributed by atoms with Crippen molar-refractivity contribution >= 4 is 77.1 Å². The average Bonchev–Trinajstić information content (AvgIpc) is 0.722. The molecule has 0 heterocycles. The van der Waals surface area contributed by atoms with Crippen LogP contribution in [0.5, 0.6) is 0 Å². The predicted octanol–water partition coefficient (Wildman–Crippen LogP) is 0.131. The molecular weight excluding hydrogens is 211 g/mol. The van der Waals surface area contributed by atoms with Gasteiger partial charge in [0, 0.05) is 0 Å². The Hall–Kier alpha value is 2.23. The normalized spacial score (nSPS) is 10.0. The Morgan fingerprint density at radius 1 is 1.17 bits per heavy atom. The molecule has 2 N–H and O–H groups in total. The molecule has 0 spiro atoms. The van der Waals surface area contributed by atoms with Crippen molar-refractivity contribution < 1.29 is 0 Å². The van der Waals surface area contributed by atoms with Gasteiger partial charge in [-0.15, -0.1) is 0 Å². The molecule has 0 unspecified atom stereocenters. The second kappa shape index (κ2) is 4.14. The van der Waals surface area contributed by atoms with E-state index < -0.39 is 8.24 Å². The summed E-state index contributed by atoms with van der Waals surface area (Å²) in [6, 6.07) is 0. The molecule has 0 saturated heterocycles. The van der Waals surface area contributed by atoms with E-state index in [2.05, 4.69) is 19.6 Å². The van der Waals surface area contributed by atoms with E-state index in [1.54, 1.807) is 0 Å². The summed E-state index contributed by atoms with van der Waals surface area (Å²) in [6.45, 7) is 6.31. The van der Waals surface area contributed by atoms with Crippen LogP contribution in [0.25, 0.3) is 0 Å². The maximum atomic E-state index is 5.49. The van der Waals surface area contributed by atoms with E-state index in [4.69, 9.17) is 5.40 Å². The van der Waals surface area contributed by atoms with Crippen molar-refractivity contribution in [3.8, 4) is 0 Å². The maximum absolute atomic E-state index is 5.49. The van der Waals surface area contributed by atoms with E-state index in [0.717, 1.165) is 0 Å². The van der Waals surface area contributed by atoms with E-state index in [1.807, 2.05) is 0 Å². The van der Waals surface area contributed by atoms with Crippen molar-refractivity contribution in [3.05, 3.63) is 0 Å². The van der Waals surface area contributed by atoms with Crippen LogP contribution >= 0.6 is 0 Å². The van der Waals surface area contributed by atoms with E-state index >= 15 is 0 Å². The van der Waals surface area contributed by atoms with Gasteiger partial charge in [-0.2, -0.15) is 0 Å². The zero-order chi connectivity index (χ0) is 4.50. The minimum atomic E-state index is -1.11. The molecule has 0 rings (SSSR count). The fourth-order valence-electron chi connectivity index (χ4n) is 0. The molecule has 0 amide bonds. The van der Waals surface area contributed by atoms with Crippen molar-refractivity contribution in [3.63, 3.8) is 0 Å². The van der Waals surface area contributed by atoms with Gasteiger partial charge in [0.15, 0.2) is 0 Å². The Kier molecular flexibility index (Phi) is 7.65. The predicted molar refractivity (Wildman–Crippen MR) is 34.7 cm³/mol. The molecule has 0 fully saturated rings. The molecule has 0 aliphatic heterocycles. The van der Waals surface area contributed by atoms with E-state index in [0.29, 0.717) is 0 Å². The topological polar surface area (TPSA) is 26.0 Å². The fourth-order valence-corrected chi connectivity index (χ4v) is 0. The Balaban J connectivity index is 0. The summed E-state index contributed by atoms with van der Waals surface area (Å²) >= 11 is 0. The standard InChI is InChI=1S/C3H11NSi.Cs.H/c1-5(2,3)4;;/h4H2,1-3H3;;. The van der Waals surface area contributed by atoms with Gasteiger partial charge >= 0.3 is 68.9 Å². The summed E-state index contributed by atoms with van der Waals surface area (Å²) in [4.78, 5) is 0. The van der Waals surface area contributed by atoms with Crippen LogP contribution in [0, 0.1) is 0 Å². The SMILES string of the molecule is C[Si](C)(C)N.[CsH]. The summed E-state index contributed by atoms with van der Waals surface area (Å²) in [5.74, 6) is 0. The zero-order valence-electron chi connectivity index (χ0n) is 4.08. The van der Waals surface area contributed by atoms with E-state index in [1.165, 1.54) is 0 Å². The quantitative estimate of drug-likeness (QED) is 0.580. The van der Waals surface area contributed by atoms with Crippen LogP contribution in [0.1, 0.15) is 0 Å². The molecule has 1 nitrogen and oxygen atoms in total. The Morgan fingerprint density at radius 3 is 1.17 bits per heavy atom. The van der Waals surface area contributed by atoms with Crippen molar-refractivity contribution in [1.82, 2.24) is 0 Å². The van der Waals surface area contributed by atoms with Gasteiger partial charge in [0.05, 0.1) is 0 Å². The molecule has 0 aromatic rings. The van der Waals surface area contributed by atoms with Crippen molar-refractivity contribution in [2.75, 3.05) is 0 Å². The minimum absolute atomic E-state index is 0.